The van der Waals surface area contributed by atoms with E-state index in [1.165, 1.54) is 11.0 Å². The molecule has 1 amide bonds. The Morgan fingerprint density at radius 3 is 2.74 bits per heavy atom. The van der Waals surface area contributed by atoms with Crippen LogP contribution < -0.4 is 4.90 Å². The predicted octanol–water partition coefficient (Wildman–Crippen LogP) is 1.88. The quantitative estimate of drug-likeness (QED) is 0.801. The number of carbonyl (C=O) groups excluding carboxylic acids is 1. The zero-order valence-corrected chi connectivity index (χ0v) is 12.0. The van der Waals surface area contributed by atoms with Crippen LogP contribution in [0.4, 0.5) is 5.69 Å². The van der Waals surface area contributed by atoms with Gasteiger partial charge in [-0.05, 0) is 30.7 Å². The molecule has 2 rings (SSSR count). The number of benzene rings is 1. The molecular formula is C13H14ClNO3S. The second-order valence-electron chi connectivity index (χ2n) is 4.46. The Morgan fingerprint density at radius 2 is 2.21 bits per heavy atom. The van der Waals surface area contributed by atoms with E-state index in [-0.39, 0.29) is 17.5 Å². The highest BCUT2D eigenvalue weighted by molar-refractivity contribution is 7.94. The van der Waals surface area contributed by atoms with Gasteiger partial charge in [0.25, 0.3) is 0 Å². The summed E-state index contributed by atoms with van der Waals surface area (Å²) in [6.45, 7) is 1.91. The third kappa shape index (κ3) is 3.16. The SMILES string of the molecule is Cc1cccc(N(C(=O)CCl)C2C=CS(=O)(=O)C2)c1. The molecular weight excluding hydrogens is 286 g/mol. The molecule has 0 spiro atoms. The molecule has 0 fully saturated rings. The molecule has 1 atom stereocenters. The average molecular weight is 300 g/mol. The maximum absolute atomic E-state index is 12.0. The van der Waals surface area contributed by atoms with E-state index >= 15 is 0 Å². The number of nitrogens with zero attached hydrogens (tertiary/aromatic N) is 1. The number of anilines is 1. The molecule has 0 aliphatic carbocycles. The van der Waals surface area contributed by atoms with Crippen LogP contribution in [-0.4, -0.2) is 32.0 Å². The van der Waals surface area contributed by atoms with Gasteiger partial charge in [-0.25, -0.2) is 8.42 Å². The van der Waals surface area contributed by atoms with E-state index in [0.29, 0.717) is 5.69 Å². The summed E-state index contributed by atoms with van der Waals surface area (Å²) in [5.74, 6) is -0.582. The monoisotopic (exact) mass is 299 g/mol. The van der Waals surface area contributed by atoms with E-state index in [2.05, 4.69) is 0 Å². The molecule has 4 nitrogen and oxygen atoms in total. The summed E-state index contributed by atoms with van der Waals surface area (Å²) in [5, 5.41) is 1.15. The fourth-order valence-electron chi connectivity index (χ4n) is 2.08. The number of amides is 1. The van der Waals surface area contributed by atoms with Crippen LogP contribution in [0.1, 0.15) is 5.56 Å². The van der Waals surface area contributed by atoms with E-state index in [9.17, 15) is 13.2 Å². The van der Waals surface area contributed by atoms with Crippen LogP contribution in [0.25, 0.3) is 0 Å². The van der Waals surface area contributed by atoms with Gasteiger partial charge >= 0.3 is 0 Å². The highest BCUT2D eigenvalue weighted by Crippen LogP contribution is 2.24. The fraction of sp³-hybridized carbons (Fsp3) is 0.308. The first-order valence-electron chi connectivity index (χ1n) is 5.78. The first-order valence-corrected chi connectivity index (χ1v) is 8.03. The molecule has 19 heavy (non-hydrogen) atoms. The number of aryl methyl sites for hydroxylation is 1. The summed E-state index contributed by atoms with van der Waals surface area (Å²) in [6, 6.07) is 6.86. The summed E-state index contributed by atoms with van der Waals surface area (Å²) in [7, 11) is -3.22. The van der Waals surface area contributed by atoms with Crippen molar-refractivity contribution >= 4 is 33.0 Å². The number of sulfone groups is 1. The second-order valence-corrected chi connectivity index (χ2v) is 6.66. The first-order chi connectivity index (χ1) is 8.93. The van der Waals surface area contributed by atoms with Crippen LogP contribution in [0.15, 0.2) is 35.7 Å². The average Bonchev–Trinajstić information content (AvgIpc) is 2.69. The van der Waals surface area contributed by atoms with E-state index in [1.54, 1.807) is 6.07 Å². The van der Waals surface area contributed by atoms with Gasteiger partial charge in [0.05, 0.1) is 11.8 Å². The summed E-state index contributed by atoms with van der Waals surface area (Å²) >= 11 is 5.62. The third-order valence-electron chi connectivity index (χ3n) is 2.91. The second kappa shape index (κ2) is 5.35. The summed E-state index contributed by atoms with van der Waals surface area (Å²) in [6.07, 6.45) is 1.53. The Balaban J connectivity index is 2.38. The van der Waals surface area contributed by atoms with Crippen LogP contribution in [-0.2, 0) is 14.6 Å². The van der Waals surface area contributed by atoms with Crippen LogP contribution in [0, 0.1) is 6.92 Å². The number of alkyl halides is 1. The number of carbonyl (C=O) groups is 1. The molecule has 1 aromatic carbocycles. The maximum Gasteiger partial charge on any atom is 0.242 e. The van der Waals surface area contributed by atoms with E-state index in [4.69, 9.17) is 11.6 Å². The minimum atomic E-state index is -3.22. The lowest BCUT2D eigenvalue weighted by Gasteiger charge is -2.27. The summed E-state index contributed by atoms with van der Waals surface area (Å²) in [5.41, 5.74) is 1.66. The maximum atomic E-state index is 12.0. The minimum absolute atomic E-state index is 0.0937. The van der Waals surface area contributed by atoms with Gasteiger partial charge in [-0.1, -0.05) is 12.1 Å². The zero-order chi connectivity index (χ0) is 14.0. The van der Waals surface area contributed by atoms with Crippen molar-refractivity contribution in [2.45, 2.75) is 13.0 Å². The van der Waals surface area contributed by atoms with Crippen molar-refractivity contribution in [2.24, 2.45) is 0 Å². The topological polar surface area (TPSA) is 54.5 Å². The third-order valence-corrected chi connectivity index (χ3v) is 4.51. The van der Waals surface area contributed by atoms with Gasteiger partial charge in [0.2, 0.25) is 5.91 Å². The lowest BCUT2D eigenvalue weighted by molar-refractivity contribution is -0.116. The van der Waals surface area contributed by atoms with Crippen LogP contribution in [0.3, 0.4) is 0 Å². The van der Waals surface area contributed by atoms with Gasteiger partial charge in [0.15, 0.2) is 9.84 Å². The van der Waals surface area contributed by atoms with Gasteiger partial charge < -0.3 is 4.90 Å². The van der Waals surface area contributed by atoms with Crippen LogP contribution in [0.2, 0.25) is 0 Å². The highest BCUT2D eigenvalue weighted by Gasteiger charge is 2.30. The molecule has 0 saturated heterocycles. The Kier molecular flexibility index (Phi) is 3.96. The Hall–Kier alpha value is -1.33. The predicted molar refractivity (Wildman–Crippen MR) is 76.1 cm³/mol. The molecule has 1 unspecified atom stereocenters. The molecule has 1 aromatic rings. The van der Waals surface area contributed by atoms with Gasteiger partial charge in [0, 0.05) is 11.1 Å². The molecule has 0 radical (unpaired) electrons. The Bertz CT molecular complexity index is 625. The highest BCUT2D eigenvalue weighted by atomic mass is 35.5. The van der Waals surface area contributed by atoms with E-state index in [1.807, 2.05) is 25.1 Å². The number of hydrogen-bond acceptors (Lipinski definition) is 3. The lowest BCUT2D eigenvalue weighted by Crippen LogP contribution is -2.42. The zero-order valence-electron chi connectivity index (χ0n) is 10.4. The number of hydrogen-bond donors (Lipinski definition) is 0. The van der Waals surface area contributed by atoms with Gasteiger partial charge in [-0.15, -0.1) is 11.6 Å². The van der Waals surface area contributed by atoms with Gasteiger partial charge in [-0.3, -0.25) is 4.79 Å². The minimum Gasteiger partial charge on any atom is -0.303 e. The molecule has 0 bridgehead atoms. The molecule has 102 valence electrons. The molecule has 0 aromatic heterocycles. The van der Waals surface area contributed by atoms with Gasteiger partial charge in [0.1, 0.15) is 5.88 Å². The standard InChI is InChI=1S/C13H14ClNO3S/c1-10-3-2-4-11(7-10)15(13(16)8-14)12-5-6-19(17,18)9-12/h2-7,12H,8-9H2,1H3. The molecule has 0 N–H and O–H groups in total. The van der Waals surface area contributed by atoms with Crippen molar-refractivity contribution in [3.05, 3.63) is 41.3 Å². The molecule has 1 aliphatic rings. The van der Waals surface area contributed by atoms with Crippen molar-refractivity contribution in [3.63, 3.8) is 0 Å². The Labute approximate surface area is 117 Å². The van der Waals surface area contributed by atoms with Crippen LogP contribution in [0.5, 0.6) is 0 Å². The number of rotatable bonds is 3. The molecule has 1 aliphatic heterocycles. The van der Waals surface area contributed by atoms with Crippen molar-refractivity contribution in [1.29, 1.82) is 0 Å². The number of halogens is 1. The van der Waals surface area contributed by atoms with Crippen molar-refractivity contribution in [1.82, 2.24) is 0 Å². The first kappa shape index (κ1) is 14.1. The largest absolute Gasteiger partial charge is 0.303 e. The lowest BCUT2D eigenvalue weighted by atomic mass is 10.1. The van der Waals surface area contributed by atoms with E-state index < -0.39 is 15.9 Å². The van der Waals surface area contributed by atoms with Crippen LogP contribution >= 0.6 is 11.6 Å². The van der Waals surface area contributed by atoms with Crippen molar-refractivity contribution < 1.29 is 13.2 Å². The smallest absolute Gasteiger partial charge is 0.242 e. The Morgan fingerprint density at radius 1 is 1.47 bits per heavy atom. The molecule has 0 saturated carbocycles. The molecule has 6 heteroatoms. The molecule has 1 heterocycles. The van der Waals surface area contributed by atoms with Crippen molar-refractivity contribution in [2.75, 3.05) is 16.5 Å². The van der Waals surface area contributed by atoms with Gasteiger partial charge in [-0.2, -0.15) is 0 Å². The normalized spacial score (nSPS) is 20.4. The summed E-state index contributed by atoms with van der Waals surface area (Å²) in [4.78, 5) is 13.4. The summed E-state index contributed by atoms with van der Waals surface area (Å²) < 4.78 is 23.0. The van der Waals surface area contributed by atoms with E-state index in [0.717, 1.165) is 11.0 Å². The fourth-order valence-corrected chi connectivity index (χ4v) is 3.48. The van der Waals surface area contributed by atoms with Crippen molar-refractivity contribution in [3.8, 4) is 0 Å².